The van der Waals surface area contributed by atoms with Crippen molar-refractivity contribution in [2.45, 2.75) is 19.4 Å². The van der Waals surface area contributed by atoms with E-state index in [2.05, 4.69) is 0 Å². The summed E-state index contributed by atoms with van der Waals surface area (Å²) in [7, 11) is 0. The minimum absolute atomic E-state index is 0.0348. The van der Waals surface area contributed by atoms with E-state index < -0.39 is 0 Å². The molecule has 0 bridgehead atoms. The number of hydrazine groups is 1. The number of nitrogens with zero attached hydrogens (tertiary/aromatic N) is 2. The largest absolute Gasteiger partial charge is 0.234 e. The van der Waals surface area contributed by atoms with Crippen molar-refractivity contribution in [2.75, 3.05) is 5.01 Å². The third-order valence-electron chi connectivity index (χ3n) is 2.35. The van der Waals surface area contributed by atoms with Crippen LogP contribution in [0.5, 0.6) is 0 Å². The van der Waals surface area contributed by atoms with E-state index in [4.69, 9.17) is 0 Å². The molecule has 0 N–H and O–H groups in total. The number of fused-ring (bicyclic) bond motifs is 1. The van der Waals surface area contributed by atoms with E-state index in [0.29, 0.717) is 0 Å². The molecule has 13 heavy (non-hydrogen) atoms. The Kier molecular flexibility index (Phi) is 1.69. The maximum absolute atomic E-state index is 10.7. The van der Waals surface area contributed by atoms with Gasteiger partial charge in [0.15, 0.2) is 5.03 Å². The Hall–Kier alpha value is -1.58. The molecule has 1 aromatic rings. The zero-order valence-corrected chi connectivity index (χ0v) is 7.30. The molecule has 2 rings (SSSR count). The van der Waals surface area contributed by atoms with Gasteiger partial charge >= 0.3 is 0 Å². The van der Waals surface area contributed by atoms with E-state index in [9.17, 15) is 10.1 Å². The van der Waals surface area contributed by atoms with Crippen molar-refractivity contribution in [3.05, 3.63) is 39.9 Å². The number of hydrogen-bond acceptors (Lipinski definition) is 2. The molecular formula is C9H10N2O2. The highest BCUT2D eigenvalue weighted by Gasteiger charge is 2.33. The van der Waals surface area contributed by atoms with Crippen LogP contribution in [0, 0.1) is 10.1 Å². The van der Waals surface area contributed by atoms with Crippen LogP contribution in [0.3, 0.4) is 0 Å². The second-order valence-electron chi connectivity index (χ2n) is 3.26. The van der Waals surface area contributed by atoms with Crippen LogP contribution in [-0.4, -0.2) is 11.1 Å². The van der Waals surface area contributed by atoms with Crippen LogP contribution in [0.1, 0.15) is 12.5 Å². The number of para-hydroxylation sites is 1. The van der Waals surface area contributed by atoms with Crippen molar-refractivity contribution in [3.63, 3.8) is 0 Å². The summed E-state index contributed by atoms with van der Waals surface area (Å²) in [6.07, 6.45) is 0.761. The minimum Gasteiger partial charge on any atom is -0.234 e. The Balaban J connectivity index is 2.46. The van der Waals surface area contributed by atoms with Gasteiger partial charge in [0.1, 0.15) is 5.69 Å². The SMILES string of the molecule is CC1Cc2ccccc2N1[N+](=O)[O-]. The van der Waals surface area contributed by atoms with Crippen LogP contribution in [0.25, 0.3) is 0 Å². The van der Waals surface area contributed by atoms with E-state index >= 15 is 0 Å². The maximum atomic E-state index is 10.7. The number of rotatable bonds is 1. The molecule has 0 aliphatic carbocycles. The molecule has 68 valence electrons. The predicted octanol–water partition coefficient (Wildman–Crippen LogP) is 1.63. The maximum Gasteiger partial charge on any atom is 0.165 e. The third kappa shape index (κ3) is 1.14. The highest BCUT2D eigenvalue weighted by Crippen LogP contribution is 2.31. The van der Waals surface area contributed by atoms with Crippen molar-refractivity contribution in [1.29, 1.82) is 0 Å². The second kappa shape index (κ2) is 2.73. The van der Waals surface area contributed by atoms with Gasteiger partial charge in [0.05, 0.1) is 6.04 Å². The van der Waals surface area contributed by atoms with Crippen molar-refractivity contribution in [3.8, 4) is 0 Å². The van der Waals surface area contributed by atoms with Gasteiger partial charge in [-0.2, -0.15) is 0 Å². The third-order valence-corrected chi connectivity index (χ3v) is 2.35. The lowest BCUT2D eigenvalue weighted by atomic mass is 10.1. The Labute approximate surface area is 75.9 Å². The van der Waals surface area contributed by atoms with E-state index in [1.54, 1.807) is 6.07 Å². The summed E-state index contributed by atoms with van der Waals surface area (Å²) in [5, 5.41) is 11.6. The summed E-state index contributed by atoms with van der Waals surface area (Å²) >= 11 is 0. The lowest BCUT2D eigenvalue weighted by Gasteiger charge is -2.12. The fraction of sp³-hybridized carbons (Fsp3) is 0.333. The molecule has 1 aliphatic heterocycles. The zero-order chi connectivity index (χ0) is 9.42. The molecule has 1 aliphatic rings. The van der Waals surface area contributed by atoms with E-state index in [1.165, 1.54) is 5.01 Å². The topological polar surface area (TPSA) is 46.4 Å². The molecule has 0 saturated carbocycles. The van der Waals surface area contributed by atoms with Crippen LogP contribution in [0.2, 0.25) is 0 Å². The van der Waals surface area contributed by atoms with Gasteiger partial charge in [-0.3, -0.25) is 0 Å². The molecule has 1 atom stereocenters. The van der Waals surface area contributed by atoms with Gasteiger partial charge in [-0.05, 0) is 18.6 Å². The normalized spacial score (nSPS) is 20.1. The Morgan fingerprint density at radius 3 is 2.92 bits per heavy atom. The molecule has 4 heteroatoms. The molecule has 0 aromatic heterocycles. The highest BCUT2D eigenvalue weighted by molar-refractivity contribution is 5.56. The van der Waals surface area contributed by atoms with Gasteiger partial charge in [0, 0.05) is 6.42 Å². The molecule has 0 spiro atoms. The molecule has 1 unspecified atom stereocenters. The minimum atomic E-state index is -0.337. The monoisotopic (exact) mass is 178 g/mol. The van der Waals surface area contributed by atoms with Crippen molar-refractivity contribution >= 4 is 5.69 Å². The van der Waals surface area contributed by atoms with E-state index in [1.807, 2.05) is 25.1 Å². The summed E-state index contributed by atoms with van der Waals surface area (Å²) in [5.74, 6) is 0. The molecule has 0 saturated heterocycles. The molecule has 1 aromatic carbocycles. The van der Waals surface area contributed by atoms with E-state index in [0.717, 1.165) is 17.7 Å². The molecular weight excluding hydrogens is 168 g/mol. The first kappa shape index (κ1) is 8.04. The fourth-order valence-electron chi connectivity index (χ4n) is 1.80. The van der Waals surface area contributed by atoms with Crippen LogP contribution in [0.15, 0.2) is 24.3 Å². The van der Waals surface area contributed by atoms with Gasteiger partial charge in [-0.25, -0.2) is 10.1 Å². The Bertz CT molecular complexity index is 351. The summed E-state index contributed by atoms with van der Waals surface area (Å²) in [6, 6.07) is 7.44. The van der Waals surface area contributed by atoms with Crippen molar-refractivity contribution in [2.24, 2.45) is 0 Å². The van der Waals surface area contributed by atoms with Crippen LogP contribution in [0.4, 0.5) is 5.69 Å². The Morgan fingerprint density at radius 1 is 1.54 bits per heavy atom. The molecule has 0 fully saturated rings. The lowest BCUT2D eigenvalue weighted by molar-refractivity contribution is -0.498. The van der Waals surface area contributed by atoms with Crippen LogP contribution >= 0.6 is 0 Å². The van der Waals surface area contributed by atoms with Gasteiger partial charge in [-0.15, -0.1) is 0 Å². The Morgan fingerprint density at radius 2 is 2.23 bits per heavy atom. The molecule has 0 radical (unpaired) electrons. The highest BCUT2D eigenvalue weighted by atomic mass is 16.7. The zero-order valence-electron chi connectivity index (χ0n) is 7.30. The van der Waals surface area contributed by atoms with Gasteiger partial charge < -0.3 is 0 Å². The quantitative estimate of drug-likeness (QED) is 0.485. The van der Waals surface area contributed by atoms with E-state index in [-0.39, 0.29) is 11.1 Å². The van der Waals surface area contributed by atoms with Crippen molar-refractivity contribution < 1.29 is 5.03 Å². The first-order chi connectivity index (χ1) is 6.20. The fourth-order valence-corrected chi connectivity index (χ4v) is 1.80. The first-order valence-electron chi connectivity index (χ1n) is 4.21. The standard InChI is InChI=1S/C9H10N2O2/c1-7-6-8-4-2-3-5-9(8)10(7)11(12)13/h2-5,7H,6H2,1H3. The second-order valence-corrected chi connectivity index (χ2v) is 3.26. The number of benzene rings is 1. The van der Waals surface area contributed by atoms with Crippen LogP contribution in [-0.2, 0) is 6.42 Å². The molecule has 4 nitrogen and oxygen atoms in total. The summed E-state index contributed by atoms with van der Waals surface area (Å²) in [6.45, 7) is 1.86. The summed E-state index contributed by atoms with van der Waals surface area (Å²) < 4.78 is 0. The molecule has 0 amide bonds. The van der Waals surface area contributed by atoms with Crippen LogP contribution < -0.4 is 5.01 Å². The van der Waals surface area contributed by atoms with Gasteiger partial charge in [0.25, 0.3) is 0 Å². The number of nitro groups is 1. The predicted molar refractivity (Wildman–Crippen MR) is 49.1 cm³/mol. The smallest absolute Gasteiger partial charge is 0.165 e. The number of hydrogen-bond donors (Lipinski definition) is 0. The lowest BCUT2D eigenvalue weighted by Crippen LogP contribution is -2.34. The van der Waals surface area contributed by atoms with Gasteiger partial charge in [-0.1, -0.05) is 23.2 Å². The van der Waals surface area contributed by atoms with Gasteiger partial charge in [0.2, 0.25) is 0 Å². The first-order valence-corrected chi connectivity index (χ1v) is 4.21. The average Bonchev–Trinajstić information content (AvgIpc) is 2.39. The summed E-state index contributed by atoms with van der Waals surface area (Å²) in [4.78, 5) is 10.7. The molecule has 1 heterocycles. The average molecular weight is 178 g/mol. The summed E-state index contributed by atoms with van der Waals surface area (Å²) in [5.41, 5.74) is 1.80. The number of anilines is 1. The van der Waals surface area contributed by atoms with Crippen molar-refractivity contribution in [1.82, 2.24) is 0 Å².